The van der Waals surface area contributed by atoms with Crippen molar-refractivity contribution < 1.29 is 73.8 Å². The predicted octanol–water partition coefficient (Wildman–Crippen LogP) is 4.84. The summed E-state index contributed by atoms with van der Waals surface area (Å²) in [6, 6.07) is 0. The maximum Gasteiger partial charge on any atom is 0.370 e. The van der Waals surface area contributed by atoms with Crippen molar-refractivity contribution in [2.45, 2.75) is 23.7 Å². The summed E-state index contributed by atoms with van der Waals surface area (Å²) in [5, 5.41) is 0. The number of allylic oxidation sites excluding steroid dienone is 4. The molecule has 13 heteroatoms. The van der Waals surface area contributed by atoms with E-state index in [2.05, 4.69) is 0 Å². The Balaban J connectivity index is 0.00000400. The molecule has 126 valence electrons. The van der Waals surface area contributed by atoms with Crippen LogP contribution in [-0.2, 0) is 21.1 Å². The minimum atomic E-state index is -6.63. The molecule has 0 saturated carbocycles. The van der Waals surface area contributed by atoms with Gasteiger partial charge in [0.1, 0.15) is 0 Å². The molecule has 0 heterocycles. The molecule has 0 radical (unpaired) electrons. The Hall–Kier alpha value is -0.672. The van der Waals surface area contributed by atoms with Crippen LogP contribution < -0.4 is 0 Å². The minimum absolute atomic E-state index is 0. The van der Waals surface area contributed by atoms with Gasteiger partial charge in [0.2, 0.25) is 23.3 Å². The van der Waals surface area contributed by atoms with Gasteiger partial charge in [-0.15, -0.1) is 0 Å². The molecule has 0 nitrogen and oxygen atoms in total. The first kappa shape index (κ1) is 20.3. The monoisotopic (exact) mass is 519 g/mol. The Kier molecular flexibility index (Phi) is 5.04. The molecule has 0 aromatic carbocycles. The molecule has 0 amide bonds. The predicted molar refractivity (Wildman–Crippen MR) is 38.3 cm³/mol. The summed E-state index contributed by atoms with van der Waals surface area (Å²) in [5.41, 5.74) is 0. The van der Waals surface area contributed by atoms with Crippen molar-refractivity contribution in [1.29, 1.82) is 0 Å². The Morgan fingerprint density at radius 3 is 0.571 bits per heavy atom. The summed E-state index contributed by atoms with van der Waals surface area (Å²) in [6.45, 7) is 0. The molecule has 0 aromatic rings. The van der Waals surface area contributed by atoms with E-state index in [4.69, 9.17) is 0 Å². The van der Waals surface area contributed by atoms with Crippen molar-refractivity contribution >= 4 is 0 Å². The Bertz CT molecular complexity index is 411. The van der Waals surface area contributed by atoms with Crippen LogP contribution in [0.5, 0.6) is 0 Å². The summed E-state index contributed by atoms with van der Waals surface area (Å²) < 4.78 is 151. The molecular formula is C8F12Pt. The van der Waals surface area contributed by atoms with Crippen LogP contribution in [0, 0.1) is 0 Å². The van der Waals surface area contributed by atoms with Crippen LogP contribution in [0.1, 0.15) is 0 Å². The fraction of sp³-hybridized carbons (Fsp3) is 0.500. The smallest absolute Gasteiger partial charge is 0.202 e. The minimum Gasteiger partial charge on any atom is -0.202 e. The van der Waals surface area contributed by atoms with E-state index in [9.17, 15) is 52.7 Å². The largest absolute Gasteiger partial charge is 0.370 e. The molecule has 0 aliphatic heterocycles. The van der Waals surface area contributed by atoms with Crippen molar-refractivity contribution in [3.63, 3.8) is 0 Å². The van der Waals surface area contributed by atoms with Crippen LogP contribution in [0.25, 0.3) is 0 Å². The van der Waals surface area contributed by atoms with Crippen LogP contribution in [-0.4, -0.2) is 23.7 Å². The van der Waals surface area contributed by atoms with Crippen molar-refractivity contribution in [3.8, 4) is 0 Å². The van der Waals surface area contributed by atoms with Crippen molar-refractivity contribution in [1.82, 2.24) is 0 Å². The van der Waals surface area contributed by atoms with Crippen LogP contribution in [0.3, 0.4) is 0 Å². The zero-order valence-electron chi connectivity index (χ0n) is 8.85. The van der Waals surface area contributed by atoms with Gasteiger partial charge in [0.15, 0.2) is 0 Å². The van der Waals surface area contributed by atoms with E-state index in [0.717, 1.165) is 0 Å². The van der Waals surface area contributed by atoms with Gasteiger partial charge in [-0.05, 0) is 0 Å². The van der Waals surface area contributed by atoms with E-state index in [0.29, 0.717) is 0 Å². The molecule has 1 aliphatic carbocycles. The second kappa shape index (κ2) is 5.20. The van der Waals surface area contributed by atoms with Gasteiger partial charge in [-0.1, -0.05) is 0 Å². The third kappa shape index (κ3) is 2.39. The van der Waals surface area contributed by atoms with E-state index in [1.54, 1.807) is 0 Å². The summed E-state index contributed by atoms with van der Waals surface area (Å²) >= 11 is 0. The normalized spacial score (nSPS) is 33.7. The summed E-state index contributed by atoms with van der Waals surface area (Å²) in [6.07, 6.45) is 0. The second-order valence-corrected chi connectivity index (χ2v) is 3.55. The number of hydrogen-bond donors (Lipinski definition) is 0. The molecule has 1 rings (SSSR count). The van der Waals surface area contributed by atoms with Crippen LogP contribution in [0.4, 0.5) is 52.7 Å². The molecule has 21 heavy (non-hydrogen) atoms. The van der Waals surface area contributed by atoms with Crippen molar-refractivity contribution in [2.75, 3.05) is 0 Å². The van der Waals surface area contributed by atoms with E-state index in [1.165, 1.54) is 0 Å². The average Bonchev–Trinajstić information content (AvgIpc) is 2.33. The first-order valence-electron chi connectivity index (χ1n) is 4.27. The third-order valence-electron chi connectivity index (χ3n) is 2.28. The Morgan fingerprint density at radius 2 is 0.476 bits per heavy atom. The molecule has 0 aromatic heterocycles. The number of hydrogen-bond acceptors (Lipinski definition) is 0. The molecule has 0 fully saturated rings. The summed E-state index contributed by atoms with van der Waals surface area (Å²) in [5.74, 6) is -43.8. The van der Waals surface area contributed by atoms with E-state index < -0.39 is 47.0 Å². The maximum atomic E-state index is 12.6. The van der Waals surface area contributed by atoms with Crippen LogP contribution in [0.2, 0.25) is 0 Å². The first-order chi connectivity index (χ1) is 8.63. The Labute approximate surface area is 121 Å². The molecule has 1 aliphatic rings. The van der Waals surface area contributed by atoms with Gasteiger partial charge in [-0.25, -0.2) is 17.6 Å². The van der Waals surface area contributed by atoms with Crippen LogP contribution >= 0.6 is 0 Å². The molecule has 0 unspecified atom stereocenters. The molecule has 0 bridgehead atoms. The van der Waals surface area contributed by atoms with Crippen molar-refractivity contribution in [3.05, 3.63) is 23.3 Å². The van der Waals surface area contributed by atoms with E-state index in [-0.39, 0.29) is 21.1 Å². The number of alkyl halides is 8. The molecule has 0 saturated heterocycles. The summed E-state index contributed by atoms with van der Waals surface area (Å²) in [4.78, 5) is 0. The average molecular weight is 519 g/mol. The zero-order chi connectivity index (χ0) is 16.3. The van der Waals surface area contributed by atoms with Gasteiger partial charge in [-0.2, -0.15) is 35.1 Å². The number of halogens is 12. The third-order valence-corrected chi connectivity index (χ3v) is 2.28. The van der Waals surface area contributed by atoms with Crippen molar-refractivity contribution in [2.24, 2.45) is 0 Å². The van der Waals surface area contributed by atoms with E-state index >= 15 is 0 Å². The van der Waals surface area contributed by atoms with Gasteiger partial charge in [-0.3, -0.25) is 0 Å². The van der Waals surface area contributed by atoms with Gasteiger partial charge >= 0.3 is 23.7 Å². The molecule has 0 N–H and O–H groups in total. The maximum absolute atomic E-state index is 12.6. The Morgan fingerprint density at radius 1 is 0.381 bits per heavy atom. The standard InChI is InChI=1S/C8F12.Pt/c9-1-2(10)6(15,16)8(19,20)4(12)3(11)7(17,18)5(1,13)14;/b2-1-,4-3-;. The first-order valence-corrected chi connectivity index (χ1v) is 4.27. The number of rotatable bonds is 0. The molecule has 0 spiro atoms. The van der Waals surface area contributed by atoms with Gasteiger partial charge < -0.3 is 0 Å². The zero-order valence-corrected chi connectivity index (χ0v) is 11.1. The topological polar surface area (TPSA) is 0 Å². The molecular weight excluding hydrogens is 519 g/mol. The summed E-state index contributed by atoms with van der Waals surface area (Å²) in [7, 11) is 0. The molecule has 0 atom stereocenters. The second-order valence-electron chi connectivity index (χ2n) is 3.55. The quantitative estimate of drug-likeness (QED) is 0.403. The van der Waals surface area contributed by atoms with Crippen LogP contribution in [0.15, 0.2) is 23.3 Å². The van der Waals surface area contributed by atoms with Gasteiger partial charge in [0, 0.05) is 21.1 Å². The van der Waals surface area contributed by atoms with Gasteiger partial charge in [0.05, 0.1) is 0 Å². The fourth-order valence-electron chi connectivity index (χ4n) is 1.10. The van der Waals surface area contributed by atoms with E-state index in [1.807, 2.05) is 0 Å². The SMILES string of the molecule is F/C1=C(\F)C(F)(F)C(F)(F)/C(F)=C(/F)C(F)(F)C1(F)F.[Pt]. The van der Waals surface area contributed by atoms with Gasteiger partial charge in [0.25, 0.3) is 0 Å². The fourth-order valence-corrected chi connectivity index (χ4v) is 1.10.